The zero-order valence-corrected chi connectivity index (χ0v) is 21.4. The first-order valence-corrected chi connectivity index (χ1v) is 10.7. The summed E-state index contributed by atoms with van der Waals surface area (Å²) < 4.78 is 0. The monoisotopic (exact) mass is 537 g/mol. The number of benzene rings is 2. The van der Waals surface area contributed by atoms with Crippen LogP contribution in [0.2, 0.25) is 0 Å². The third-order valence-corrected chi connectivity index (χ3v) is 5.11. The Hall–Kier alpha value is -2.13. The lowest BCUT2D eigenvalue weighted by molar-refractivity contribution is 0.0955. The fourth-order valence-electron chi connectivity index (χ4n) is 3.48. The van der Waals surface area contributed by atoms with Gasteiger partial charge in [-0.05, 0) is 43.3 Å². The van der Waals surface area contributed by atoms with Gasteiger partial charge in [-0.1, -0.05) is 56.3 Å². The van der Waals surface area contributed by atoms with Gasteiger partial charge in [0.05, 0.1) is 6.04 Å². The minimum atomic E-state index is -0.0493. The summed E-state index contributed by atoms with van der Waals surface area (Å²) in [5, 5.41) is 9.65. The molecular formula is C24H36IN5O. The number of nitrogens with zero attached hydrogens (tertiary/aromatic N) is 2. The quantitative estimate of drug-likeness (QED) is 0.245. The van der Waals surface area contributed by atoms with Crippen LogP contribution in [0.4, 0.5) is 0 Å². The van der Waals surface area contributed by atoms with Gasteiger partial charge in [-0.3, -0.25) is 14.7 Å². The van der Waals surface area contributed by atoms with Crippen LogP contribution in [0.15, 0.2) is 59.6 Å². The summed E-state index contributed by atoms with van der Waals surface area (Å²) in [4.78, 5) is 18.9. The van der Waals surface area contributed by atoms with Crippen LogP contribution in [-0.4, -0.2) is 50.0 Å². The third-order valence-electron chi connectivity index (χ3n) is 5.11. The maximum atomic E-state index is 12.1. The molecule has 0 saturated carbocycles. The van der Waals surface area contributed by atoms with Crippen molar-refractivity contribution in [1.82, 2.24) is 20.9 Å². The van der Waals surface area contributed by atoms with Gasteiger partial charge in [-0.2, -0.15) is 0 Å². The van der Waals surface area contributed by atoms with Gasteiger partial charge in [-0.25, -0.2) is 0 Å². The van der Waals surface area contributed by atoms with E-state index in [1.54, 1.807) is 7.05 Å². The molecule has 2 aromatic carbocycles. The molecule has 6 nitrogen and oxygen atoms in total. The Morgan fingerprint density at radius 3 is 2.29 bits per heavy atom. The Labute approximate surface area is 203 Å². The largest absolute Gasteiger partial charge is 0.354 e. The first kappa shape index (κ1) is 26.9. The average molecular weight is 537 g/mol. The topological polar surface area (TPSA) is 68.8 Å². The van der Waals surface area contributed by atoms with Gasteiger partial charge in [-0.15, -0.1) is 24.0 Å². The highest BCUT2D eigenvalue weighted by Crippen LogP contribution is 2.19. The van der Waals surface area contributed by atoms with E-state index in [0.717, 1.165) is 31.2 Å². The standard InChI is InChI=1S/C24H35N5O.HI/c1-5-26-23(30)21-15-11-12-19(16-21)17-27-24(25-4)28-18-22(29(6-2)7-3)20-13-9-8-10-14-20;/h8-16,22H,5-7,17-18H2,1-4H3,(H,26,30)(H2,25,27,28);1H. The molecule has 0 aliphatic carbocycles. The highest BCUT2D eigenvalue weighted by molar-refractivity contribution is 14.0. The average Bonchev–Trinajstić information content (AvgIpc) is 2.79. The second kappa shape index (κ2) is 14.8. The van der Waals surface area contributed by atoms with E-state index in [-0.39, 0.29) is 35.9 Å². The summed E-state index contributed by atoms with van der Waals surface area (Å²) >= 11 is 0. The highest BCUT2D eigenvalue weighted by atomic mass is 127. The minimum Gasteiger partial charge on any atom is -0.354 e. The molecule has 170 valence electrons. The van der Waals surface area contributed by atoms with E-state index >= 15 is 0 Å². The minimum absolute atomic E-state index is 0. The number of halogens is 1. The third kappa shape index (κ3) is 8.49. The smallest absolute Gasteiger partial charge is 0.251 e. The number of hydrogen-bond acceptors (Lipinski definition) is 3. The Kier molecular flexibility index (Phi) is 12.8. The van der Waals surface area contributed by atoms with E-state index < -0.39 is 0 Å². The first-order valence-electron chi connectivity index (χ1n) is 10.7. The van der Waals surface area contributed by atoms with Crippen LogP contribution in [0.5, 0.6) is 0 Å². The van der Waals surface area contributed by atoms with Crippen molar-refractivity contribution < 1.29 is 4.79 Å². The van der Waals surface area contributed by atoms with Crippen LogP contribution in [0, 0.1) is 0 Å². The maximum Gasteiger partial charge on any atom is 0.251 e. The molecule has 0 aliphatic heterocycles. The number of carbonyl (C=O) groups excluding carboxylic acids is 1. The number of aliphatic imine (C=N–C) groups is 1. The highest BCUT2D eigenvalue weighted by Gasteiger charge is 2.18. The van der Waals surface area contributed by atoms with E-state index in [4.69, 9.17) is 0 Å². The fraction of sp³-hybridized carbons (Fsp3) is 0.417. The number of rotatable bonds is 10. The molecule has 1 atom stereocenters. The van der Waals surface area contributed by atoms with Gasteiger partial charge >= 0.3 is 0 Å². The van der Waals surface area contributed by atoms with E-state index in [1.807, 2.05) is 37.3 Å². The zero-order valence-electron chi connectivity index (χ0n) is 19.0. The maximum absolute atomic E-state index is 12.1. The Morgan fingerprint density at radius 1 is 0.968 bits per heavy atom. The van der Waals surface area contributed by atoms with Crippen molar-refractivity contribution in [1.29, 1.82) is 0 Å². The van der Waals surface area contributed by atoms with E-state index in [1.165, 1.54) is 5.56 Å². The van der Waals surface area contributed by atoms with E-state index in [2.05, 4.69) is 64.0 Å². The van der Waals surface area contributed by atoms with Crippen LogP contribution in [-0.2, 0) is 6.54 Å². The number of nitrogens with one attached hydrogen (secondary N) is 3. The SMILES string of the molecule is CCNC(=O)c1cccc(CNC(=NC)NCC(c2ccccc2)N(CC)CC)c1.I. The molecule has 0 heterocycles. The van der Waals surface area contributed by atoms with Crippen molar-refractivity contribution in [2.24, 2.45) is 4.99 Å². The lowest BCUT2D eigenvalue weighted by atomic mass is 10.1. The van der Waals surface area contributed by atoms with Crippen molar-refractivity contribution in [2.75, 3.05) is 33.2 Å². The van der Waals surface area contributed by atoms with Gasteiger partial charge in [0.25, 0.3) is 5.91 Å². The molecule has 0 saturated heterocycles. The molecule has 1 amide bonds. The predicted octanol–water partition coefficient (Wildman–Crippen LogP) is 3.80. The molecule has 3 N–H and O–H groups in total. The second-order valence-electron chi connectivity index (χ2n) is 7.01. The number of hydrogen-bond donors (Lipinski definition) is 3. The van der Waals surface area contributed by atoms with E-state index in [0.29, 0.717) is 18.7 Å². The molecule has 2 rings (SSSR count). The van der Waals surface area contributed by atoms with Crippen LogP contribution in [0.25, 0.3) is 0 Å². The number of guanidine groups is 1. The Morgan fingerprint density at radius 2 is 1.68 bits per heavy atom. The summed E-state index contributed by atoms with van der Waals surface area (Å²) in [6, 6.07) is 18.5. The first-order chi connectivity index (χ1) is 14.6. The van der Waals surface area contributed by atoms with Gasteiger partial charge in [0, 0.05) is 32.2 Å². The summed E-state index contributed by atoms with van der Waals surface area (Å²) in [5.74, 6) is 0.693. The van der Waals surface area contributed by atoms with Crippen molar-refractivity contribution in [3.05, 3.63) is 71.3 Å². The molecule has 0 bridgehead atoms. The molecule has 0 aromatic heterocycles. The molecule has 31 heavy (non-hydrogen) atoms. The van der Waals surface area contributed by atoms with Gasteiger partial charge in [0.2, 0.25) is 0 Å². The van der Waals surface area contributed by atoms with Crippen LogP contribution >= 0.6 is 24.0 Å². The van der Waals surface area contributed by atoms with Crippen molar-refractivity contribution in [3.63, 3.8) is 0 Å². The number of amides is 1. The molecule has 1 unspecified atom stereocenters. The number of likely N-dealkylation sites (N-methyl/N-ethyl adjacent to an activating group) is 1. The lowest BCUT2D eigenvalue weighted by Crippen LogP contribution is -2.43. The van der Waals surface area contributed by atoms with Gasteiger partial charge in [0.15, 0.2) is 5.96 Å². The normalized spacial score (nSPS) is 12.1. The van der Waals surface area contributed by atoms with Gasteiger partial charge < -0.3 is 16.0 Å². The Balaban J connectivity index is 0.00000480. The summed E-state index contributed by atoms with van der Waals surface area (Å²) in [6.45, 7) is 10.2. The number of carbonyl (C=O) groups is 1. The van der Waals surface area contributed by atoms with E-state index in [9.17, 15) is 4.79 Å². The Bertz CT molecular complexity index is 809. The molecular weight excluding hydrogens is 501 g/mol. The van der Waals surface area contributed by atoms with Crippen molar-refractivity contribution in [2.45, 2.75) is 33.4 Å². The van der Waals surface area contributed by atoms with Crippen LogP contribution in [0.3, 0.4) is 0 Å². The summed E-state index contributed by atoms with van der Waals surface area (Å²) in [6.07, 6.45) is 0. The fourth-order valence-corrected chi connectivity index (χ4v) is 3.48. The van der Waals surface area contributed by atoms with Crippen molar-refractivity contribution in [3.8, 4) is 0 Å². The van der Waals surface area contributed by atoms with Crippen LogP contribution < -0.4 is 16.0 Å². The molecule has 0 spiro atoms. The molecule has 2 aromatic rings. The summed E-state index contributed by atoms with van der Waals surface area (Å²) in [5.41, 5.74) is 2.99. The van der Waals surface area contributed by atoms with Crippen LogP contribution in [0.1, 0.15) is 48.3 Å². The molecule has 7 heteroatoms. The second-order valence-corrected chi connectivity index (χ2v) is 7.01. The molecule has 0 aliphatic rings. The predicted molar refractivity (Wildman–Crippen MR) is 140 cm³/mol. The molecule has 0 radical (unpaired) electrons. The lowest BCUT2D eigenvalue weighted by Gasteiger charge is -2.30. The summed E-state index contributed by atoms with van der Waals surface area (Å²) in [7, 11) is 1.77. The zero-order chi connectivity index (χ0) is 21.8. The van der Waals surface area contributed by atoms with Crippen molar-refractivity contribution >= 4 is 35.8 Å². The van der Waals surface area contributed by atoms with Gasteiger partial charge in [0.1, 0.15) is 0 Å². The molecule has 0 fully saturated rings.